The summed E-state index contributed by atoms with van der Waals surface area (Å²) in [7, 11) is 0. The second-order valence-electron chi connectivity index (χ2n) is 3.79. The summed E-state index contributed by atoms with van der Waals surface area (Å²) in [5, 5.41) is 22.4. The summed E-state index contributed by atoms with van der Waals surface area (Å²) in [5.41, 5.74) is 1.88. The highest BCUT2D eigenvalue weighted by Gasteiger charge is 2.13. The molecule has 1 aromatic carbocycles. The van der Waals surface area contributed by atoms with Crippen LogP contribution in [-0.2, 0) is 6.54 Å². The van der Waals surface area contributed by atoms with E-state index in [0.717, 1.165) is 5.56 Å². The Labute approximate surface area is 109 Å². The Kier molecular flexibility index (Phi) is 3.69. The predicted molar refractivity (Wildman–Crippen MR) is 69.4 cm³/mol. The summed E-state index contributed by atoms with van der Waals surface area (Å²) in [5.74, 6) is -0.198. The van der Waals surface area contributed by atoms with Gasteiger partial charge in [-0.25, -0.2) is 0 Å². The van der Waals surface area contributed by atoms with Crippen LogP contribution in [0.25, 0.3) is 0 Å². The van der Waals surface area contributed by atoms with Gasteiger partial charge in [0, 0.05) is 6.54 Å². The summed E-state index contributed by atoms with van der Waals surface area (Å²) in [6, 6.07) is 12.3. The maximum atomic E-state index is 10.8. The van der Waals surface area contributed by atoms with Crippen LogP contribution in [0.1, 0.15) is 11.1 Å². The quantitative estimate of drug-likeness (QED) is 0.668. The van der Waals surface area contributed by atoms with Crippen molar-refractivity contribution in [3.05, 3.63) is 63.8 Å². The molecular formula is C13H10N4O2. The molecule has 6 nitrogen and oxygen atoms in total. The minimum Gasteiger partial charge on any atom is -0.374 e. The van der Waals surface area contributed by atoms with Crippen molar-refractivity contribution in [2.45, 2.75) is 6.54 Å². The van der Waals surface area contributed by atoms with E-state index in [4.69, 9.17) is 5.26 Å². The van der Waals surface area contributed by atoms with Crippen molar-refractivity contribution in [2.24, 2.45) is 0 Å². The van der Waals surface area contributed by atoms with Crippen molar-refractivity contribution < 1.29 is 4.92 Å². The Hall–Kier alpha value is -2.94. The molecule has 0 amide bonds. The summed E-state index contributed by atoms with van der Waals surface area (Å²) >= 11 is 0. The van der Waals surface area contributed by atoms with Crippen LogP contribution in [0.5, 0.6) is 0 Å². The van der Waals surface area contributed by atoms with Gasteiger partial charge in [0.05, 0.1) is 11.6 Å². The largest absolute Gasteiger partial charge is 0.386 e. The smallest absolute Gasteiger partial charge is 0.374 e. The normalized spacial score (nSPS) is 9.63. The number of hydrogen-bond acceptors (Lipinski definition) is 5. The van der Waals surface area contributed by atoms with Crippen molar-refractivity contribution in [1.82, 2.24) is 4.98 Å². The summed E-state index contributed by atoms with van der Waals surface area (Å²) in [6.07, 6.45) is 1.38. The molecule has 1 N–H and O–H groups in total. The Bertz CT molecular complexity index is 632. The highest BCUT2D eigenvalue weighted by atomic mass is 16.6. The Balaban J connectivity index is 2.10. The van der Waals surface area contributed by atoms with Crippen molar-refractivity contribution in [3.63, 3.8) is 0 Å². The van der Waals surface area contributed by atoms with Gasteiger partial charge in [0.2, 0.25) is 0 Å². The first-order chi connectivity index (χ1) is 9.20. The highest BCUT2D eigenvalue weighted by molar-refractivity contribution is 5.56. The van der Waals surface area contributed by atoms with Crippen molar-refractivity contribution >= 4 is 11.5 Å². The predicted octanol–water partition coefficient (Wildman–Crippen LogP) is 2.47. The van der Waals surface area contributed by atoms with Gasteiger partial charge in [-0.3, -0.25) is 0 Å². The molecule has 1 heterocycles. The number of benzene rings is 1. The molecule has 6 heteroatoms. The third-order valence-corrected chi connectivity index (χ3v) is 2.53. The molecule has 0 bridgehead atoms. The summed E-state index contributed by atoms with van der Waals surface area (Å²) < 4.78 is 0. The van der Waals surface area contributed by atoms with Crippen LogP contribution < -0.4 is 5.32 Å². The maximum Gasteiger partial charge on any atom is 0.386 e. The van der Waals surface area contributed by atoms with Crippen LogP contribution in [0.3, 0.4) is 0 Å². The van der Waals surface area contributed by atoms with E-state index in [-0.39, 0.29) is 5.82 Å². The number of nitrogens with one attached hydrogen (secondary N) is 1. The number of nitriles is 1. The van der Waals surface area contributed by atoms with E-state index in [1.54, 1.807) is 36.4 Å². The van der Waals surface area contributed by atoms with E-state index in [2.05, 4.69) is 10.3 Å². The molecule has 1 aromatic heterocycles. The van der Waals surface area contributed by atoms with Gasteiger partial charge >= 0.3 is 5.82 Å². The van der Waals surface area contributed by atoms with E-state index in [0.29, 0.717) is 17.8 Å². The lowest BCUT2D eigenvalue weighted by Crippen LogP contribution is -2.03. The minimum absolute atomic E-state index is 0.198. The van der Waals surface area contributed by atoms with Gasteiger partial charge in [0.15, 0.2) is 0 Å². The molecule has 0 unspecified atom stereocenters. The van der Waals surface area contributed by atoms with E-state index in [1.807, 2.05) is 6.07 Å². The molecule has 0 radical (unpaired) electrons. The van der Waals surface area contributed by atoms with Gasteiger partial charge in [0.1, 0.15) is 11.9 Å². The Morgan fingerprint density at radius 3 is 2.68 bits per heavy atom. The lowest BCUT2D eigenvalue weighted by atomic mass is 10.1. The SMILES string of the molecule is N#Cc1ccc(CNc2cccnc2[N+](=O)[O-])cc1. The zero-order valence-corrected chi connectivity index (χ0v) is 9.91. The molecule has 2 aromatic rings. The second-order valence-corrected chi connectivity index (χ2v) is 3.79. The molecule has 94 valence electrons. The van der Waals surface area contributed by atoms with Gasteiger partial charge in [-0.1, -0.05) is 12.1 Å². The van der Waals surface area contributed by atoms with Crippen LogP contribution in [-0.4, -0.2) is 9.91 Å². The maximum absolute atomic E-state index is 10.8. The van der Waals surface area contributed by atoms with Gasteiger partial charge in [0.25, 0.3) is 0 Å². The molecule has 19 heavy (non-hydrogen) atoms. The van der Waals surface area contributed by atoms with Crippen molar-refractivity contribution in [1.29, 1.82) is 5.26 Å². The monoisotopic (exact) mass is 254 g/mol. The fourth-order valence-corrected chi connectivity index (χ4v) is 1.57. The number of aromatic nitrogens is 1. The molecule has 0 aliphatic carbocycles. The zero-order valence-electron chi connectivity index (χ0n) is 9.91. The Morgan fingerprint density at radius 1 is 1.32 bits per heavy atom. The number of nitro groups is 1. The van der Waals surface area contributed by atoms with E-state index < -0.39 is 4.92 Å². The number of hydrogen-bond donors (Lipinski definition) is 1. The van der Waals surface area contributed by atoms with Crippen LogP contribution in [0, 0.1) is 21.4 Å². The van der Waals surface area contributed by atoms with Gasteiger partial charge in [-0.05, 0) is 39.7 Å². The molecule has 0 aliphatic heterocycles. The molecule has 0 saturated carbocycles. The highest BCUT2D eigenvalue weighted by Crippen LogP contribution is 2.20. The number of nitrogens with zero attached hydrogens (tertiary/aromatic N) is 3. The first-order valence-electron chi connectivity index (χ1n) is 5.53. The van der Waals surface area contributed by atoms with Crippen molar-refractivity contribution in [3.8, 4) is 6.07 Å². The topological polar surface area (TPSA) is 91.8 Å². The van der Waals surface area contributed by atoms with Gasteiger partial charge in [-0.2, -0.15) is 5.26 Å². The second kappa shape index (κ2) is 5.60. The van der Waals surface area contributed by atoms with Gasteiger partial charge in [-0.15, -0.1) is 0 Å². The standard InChI is InChI=1S/C13H10N4O2/c14-8-10-3-5-11(6-4-10)9-16-12-2-1-7-15-13(12)17(18)19/h1-7,16H,9H2. The van der Waals surface area contributed by atoms with E-state index >= 15 is 0 Å². The molecule has 0 saturated heterocycles. The molecule has 0 atom stereocenters. The minimum atomic E-state index is -0.527. The molecular weight excluding hydrogens is 244 g/mol. The number of anilines is 1. The molecule has 0 aliphatic rings. The van der Waals surface area contributed by atoms with Crippen LogP contribution in [0.2, 0.25) is 0 Å². The first-order valence-corrected chi connectivity index (χ1v) is 5.53. The third-order valence-electron chi connectivity index (χ3n) is 2.53. The molecule has 0 fully saturated rings. The molecule has 2 rings (SSSR count). The van der Waals surface area contributed by atoms with Gasteiger partial charge < -0.3 is 15.4 Å². The fourth-order valence-electron chi connectivity index (χ4n) is 1.57. The Morgan fingerprint density at radius 2 is 2.05 bits per heavy atom. The summed E-state index contributed by atoms with van der Waals surface area (Å²) in [6.45, 7) is 0.429. The molecule has 0 spiro atoms. The average molecular weight is 254 g/mol. The van der Waals surface area contributed by atoms with Crippen molar-refractivity contribution in [2.75, 3.05) is 5.32 Å². The first kappa shape index (κ1) is 12.5. The van der Waals surface area contributed by atoms with Crippen LogP contribution >= 0.6 is 0 Å². The van der Waals surface area contributed by atoms with E-state index in [1.165, 1.54) is 6.20 Å². The lowest BCUT2D eigenvalue weighted by molar-refractivity contribution is -0.388. The lowest BCUT2D eigenvalue weighted by Gasteiger charge is -2.06. The zero-order chi connectivity index (χ0) is 13.7. The number of pyridine rings is 1. The van der Waals surface area contributed by atoms with E-state index in [9.17, 15) is 10.1 Å². The average Bonchev–Trinajstić information content (AvgIpc) is 2.46. The van der Waals surface area contributed by atoms with Crippen LogP contribution in [0.4, 0.5) is 11.5 Å². The fraction of sp³-hybridized carbons (Fsp3) is 0.0769. The third kappa shape index (κ3) is 3.04. The summed E-state index contributed by atoms with van der Waals surface area (Å²) in [4.78, 5) is 14.0. The number of rotatable bonds is 4. The van der Waals surface area contributed by atoms with Crippen LogP contribution in [0.15, 0.2) is 42.6 Å².